The quantitative estimate of drug-likeness (QED) is 0.293. The minimum Gasteiger partial charge on any atom is -0.301 e. The Morgan fingerprint density at radius 1 is 1.83 bits per heavy atom. The minimum absolute atomic E-state index is 0. The van der Waals surface area contributed by atoms with Gasteiger partial charge in [0.1, 0.15) is 0 Å². The van der Waals surface area contributed by atoms with Crippen molar-refractivity contribution in [3.05, 3.63) is 0 Å². The maximum atomic E-state index is 9.34. The van der Waals surface area contributed by atoms with E-state index in [1.165, 1.54) is 0 Å². The van der Waals surface area contributed by atoms with Crippen molar-refractivity contribution in [1.29, 1.82) is 0 Å². The third-order valence-corrected chi connectivity index (χ3v) is 0.129. The first-order chi connectivity index (χ1) is 2.27. The van der Waals surface area contributed by atoms with Crippen molar-refractivity contribution < 1.29 is 32.0 Å². The molecule has 6 heavy (non-hydrogen) atoms. The van der Waals surface area contributed by atoms with E-state index in [-0.39, 0.29) is 17.1 Å². The van der Waals surface area contributed by atoms with Gasteiger partial charge < -0.3 is 4.89 Å². The SMILES string of the molecule is CC(=O)OO.[Cu]. The van der Waals surface area contributed by atoms with Crippen LogP contribution in [-0.4, -0.2) is 11.2 Å². The third-order valence-electron chi connectivity index (χ3n) is 0.129. The largest absolute Gasteiger partial charge is 0.339 e. The van der Waals surface area contributed by atoms with Gasteiger partial charge in [0.05, 0.1) is 0 Å². The summed E-state index contributed by atoms with van der Waals surface area (Å²) in [5, 5.41) is 7.29. The van der Waals surface area contributed by atoms with Crippen LogP contribution in [0.2, 0.25) is 0 Å². The van der Waals surface area contributed by atoms with Gasteiger partial charge in [0.2, 0.25) is 0 Å². The molecule has 0 aromatic carbocycles. The van der Waals surface area contributed by atoms with Crippen LogP contribution in [0.1, 0.15) is 6.92 Å². The summed E-state index contributed by atoms with van der Waals surface area (Å²) >= 11 is 0. The van der Waals surface area contributed by atoms with Crippen molar-refractivity contribution >= 4 is 5.97 Å². The molecular formula is C2H4CuO3. The molecule has 0 amide bonds. The molecule has 0 saturated carbocycles. The van der Waals surface area contributed by atoms with Crippen molar-refractivity contribution in [1.82, 2.24) is 0 Å². The van der Waals surface area contributed by atoms with E-state index in [1.807, 2.05) is 0 Å². The zero-order valence-electron chi connectivity index (χ0n) is 3.07. The molecule has 0 spiro atoms. The van der Waals surface area contributed by atoms with Gasteiger partial charge in [0.15, 0.2) is 0 Å². The van der Waals surface area contributed by atoms with Gasteiger partial charge in [-0.15, -0.1) is 0 Å². The molecule has 0 heterocycles. The molecule has 3 nitrogen and oxygen atoms in total. The molecule has 1 radical (unpaired) electrons. The smallest absolute Gasteiger partial charge is 0.301 e. The maximum absolute atomic E-state index is 9.34. The van der Waals surface area contributed by atoms with Crippen LogP contribution in [0.15, 0.2) is 0 Å². The zero-order valence-corrected chi connectivity index (χ0v) is 4.01. The summed E-state index contributed by atoms with van der Waals surface area (Å²) in [4.78, 5) is 12.5. The molecule has 0 saturated heterocycles. The van der Waals surface area contributed by atoms with Crippen LogP contribution in [0.4, 0.5) is 0 Å². The Morgan fingerprint density at radius 2 is 2.00 bits per heavy atom. The van der Waals surface area contributed by atoms with Gasteiger partial charge in [0, 0.05) is 24.0 Å². The van der Waals surface area contributed by atoms with Crippen molar-refractivity contribution in [2.24, 2.45) is 0 Å². The van der Waals surface area contributed by atoms with Gasteiger partial charge in [-0.2, -0.15) is 5.26 Å². The van der Waals surface area contributed by atoms with Crippen LogP contribution in [0.25, 0.3) is 0 Å². The number of carbonyl (C=O) groups excluding carboxylic acids is 1. The molecule has 0 unspecified atom stereocenters. The first-order valence-corrected chi connectivity index (χ1v) is 1.09. The van der Waals surface area contributed by atoms with Crippen LogP contribution in [0, 0.1) is 0 Å². The number of hydrogen-bond donors (Lipinski definition) is 1. The van der Waals surface area contributed by atoms with Gasteiger partial charge in [-0.3, -0.25) is 0 Å². The molecule has 0 fully saturated rings. The summed E-state index contributed by atoms with van der Waals surface area (Å²) in [6.07, 6.45) is 0. The molecule has 41 valence electrons. The molecule has 0 aliphatic heterocycles. The molecule has 0 aromatic heterocycles. The van der Waals surface area contributed by atoms with Crippen molar-refractivity contribution in [2.45, 2.75) is 6.92 Å². The van der Waals surface area contributed by atoms with Gasteiger partial charge in [-0.1, -0.05) is 0 Å². The molecule has 4 heteroatoms. The van der Waals surface area contributed by atoms with E-state index in [9.17, 15) is 4.79 Å². The Kier molecular flexibility index (Phi) is 7.71. The Labute approximate surface area is 45.7 Å². The van der Waals surface area contributed by atoms with Crippen molar-refractivity contribution in [3.8, 4) is 0 Å². The summed E-state index contributed by atoms with van der Waals surface area (Å²) in [5.74, 6) is -0.690. The van der Waals surface area contributed by atoms with Crippen LogP contribution in [0.3, 0.4) is 0 Å². The second kappa shape index (κ2) is 4.95. The molecule has 0 aliphatic rings. The Bertz CT molecular complexity index is 44.1. The normalized spacial score (nSPS) is 5.67. The molecule has 0 aliphatic carbocycles. The Balaban J connectivity index is 0. The van der Waals surface area contributed by atoms with Crippen LogP contribution in [-0.2, 0) is 26.8 Å². The topological polar surface area (TPSA) is 46.5 Å². The zero-order chi connectivity index (χ0) is 4.28. The fourth-order valence-corrected chi connectivity index (χ4v) is 0. The predicted octanol–water partition coefficient (Wildman–Crippen LogP) is 0.0200. The average molecular weight is 140 g/mol. The first-order valence-electron chi connectivity index (χ1n) is 1.09. The van der Waals surface area contributed by atoms with Gasteiger partial charge >= 0.3 is 5.97 Å². The van der Waals surface area contributed by atoms with E-state index in [0.717, 1.165) is 6.92 Å². The van der Waals surface area contributed by atoms with Crippen molar-refractivity contribution in [3.63, 3.8) is 0 Å². The van der Waals surface area contributed by atoms with Gasteiger partial charge in [-0.05, 0) is 0 Å². The molecule has 0 bridgehead atoms. The van der Waals surface area contributed by atoms with Crippen LogP contribution >= 0.6 is 0 Å². The summed E-state index contributed by atoms with van der Waals surface area (Å²) in [5.41, 5.74) is 0. The number of rotatable bonds is 0. The van der Waals surface area contributed by atoms with E-state index in [2.05, 4.69) is 4.89 Å². The second-order valence-electron chi connectivity index (χ2n) is 0.583. The van der Waals surface area contributed by atoms with Crippen molar-refractivity contribution in [2.75, 3.05) is 0 Å². The van der Waals surface area contributed by atoms with E-state index in [4.69, 9.17) is 5.26 Å². The van der Waals surface area contributed by atoms with Crippen LogP contribution in [0.5, 0.6) is 0 Å². The minimum atomic E-state index is -0.690. The fraction of sp³-hybridized carbons (Fsp3) is 0.500. The van der Waals surface area contributed by atoms with Gasteiger partial charge in [0.25, 0.3) is 0 Å². The standard InChI is InChI=1S/C2H4O3.Cu/c1-2(3)5-4;/h4H,1H3;. The molecule has 0 rings (SSSR count). The summed E-state index contributed by atoms with van der Waals surface area (Å²) in [7, 11) is 0. The van der Waals surface area contributed by atoms with E-state index in [1.54, 1.807) is 0 Å². The van der Waals surface area contributed by atoms with Gasteiger partial charge in [-0.25, -0.2) is 4.79 Å². The summed E-state index contributed by atoms with van der Waals surface area (Å²) in [6.45, 7) is 1.11. The Morgan fingerprint density at radius 3 is 2.00 bits per heavy atom. The third kappa shape index (κ3) is 9.04. The Hall–Kier alpha value is -0.0505. The maximum Gasteiger partial charge on any atom is 0.339 e. The number of carbonyl (C=O) groups is 1. The monoisotopic (exact) mass is 139 g/mol. The fourth-order valence-electron chi connectivity index (χ4n) is 0. The van der Waals surface area contributed by atoms with E-state index < -0.39 is 5.97 Å². The summed E-state index contributed by atoms with van der Waals surface area (Å²) in [6, 6.07) is 0. The van der Waals surface area contributed by atoms with Crippen LogP contribution < -0.4 is 0 Å². The molecule has 1 N–H and O–H groups in total. The average Bonchev–Trinajstić information content (AvgIpc) is 1.38. The second-order valence-corrected chi connectivity index (χ2v) is 0.583. The predicted molar refractivity (Wildman–Crippen MR) is 14.4 cm³/mol. The molecular weight excluding hydrogens is 136 g/mol. The molecule has 0 atom stereocenters. The van der Waals surface area contributed by atoms with E-state index in [0.29, 0.717) is 0 Å². The first kappa shape index (κ1) is 9.34. The van der Waals surface area contributed by atoms with E-state index >= 15 is 0 Å². The molecule has 0 aromatic rings. The summed E-state index contributed by atoms with van der Waals surface area (Å²) < 4.78 is 0. The number of hydrogen-bond acceptors (Lipinski definition) is 3.